The highest BCUT2D eigenvalue weighted by atomic mass is 16.5. The van der Waals surface area contributed by atoms with E-state index in [0.29, 0.717) is 18.3 Å². The van der Waals surface area contributed by atoms with Crippen LogP contribution in [-0.4, -0.2) is 10.1 Å². The molecule has 4 N–H and O–H groups in total. The lowest BCUT2D eigenvalue weighted by Crippen LogP contribution is -2.13. The van der Waals surface area contributed by atoms with Crippen LogP contribution in [0.2, 0.25) is 0 Å². The predicted molar refractivity (Wildman–Crippen MR) is 80.1 cm³/mol. The van der Waals surface area contributed by atoms with E-state index in [0.717, 1.165) is 16.7 Å². The van der Waals surface area contributed by atoms with Crippen molar-refractivity contribution >= 4 is 0 Å². The fourth-order valence-corrected chi connectivity index (χ4v) is 2.12. The number of hydrogen-bond donors (Lipinski definition) is 2. The van der Waals surface area contributed by atoms with Crippen LogP contribution in [-0.2, 0) is 6.54 Å². The van der Waals surface area contributed by atoms with E-state index in [9.17, 15) is 0 Å². The van der Waals surface area contributed by atoms with Crippen molar-refractivity contribution in [2.24, 2.45) is 11.5 Å². The minimum atomic E-state index is -0.401. The fraction of sp³-hybridized carbons (Fsp3) is 0.125. The molecule has 2 aromatic carbocycles. The maximum atomic E-state index is 6.16. The lowest BCUT2D eigenvalue weighted by atomic mass is 10.1. The number of benzene rings is 2. The van der Waals surface area contributed by atoms with Crippen LogP contribution in [0.1, 0.15) is 23.0 Å². The van der Waals surface area contributed by atoms with Gasteiger partial charge in [0, 0.05) is 12.1 Å². The SMILES string of the molecule is NCc1cccc(-c2nc(C(N)c3ccccc3)no2)c1. The van der Waals surface area contributed by atoms with Gasteiger partial charge in [-0.1, -0.05) is 47.6 Å². The first-order valence-electron chi connectivity index (χ1n) is 6.71. The van der Waals surface area contributed by atoms with E-state index in [2.05, 4.69) is 10.1 Å². The van der Waals surface area contributed by atoms with Gasteiger partial charge >= 0.3 is 0 Å². The van der Waals surface area contributed by atoms with E-state index < -0.39 is 6.04 Å². The number of rotatable bonds is 4. The van der Waals surface area contributed by atoms with E-state index in [-0.39, 0.29) is 0 Å². The Morgan fingerprint density at radius 1 is 1.05 bits per heavy atom. The average molecular weight is 280 g/mol. The molecule has 1 aromatic heterocycles. The lowest BCUT2D eigenvalue weighted by molar-refractivity contribution is 0.419. The van der Waals surface area contributed by atoms with Gasteiger partial charge in [-0.15, -0.1) is 0 Å². The second-order valence-electron chi connectivity index (χ2n) is 4.75. The second-order valence-corrected chi connectivity index (χ2v) is 4.75. The summed E-state index contributed by atoms with van der Waals surface area (Å²) in [6.45, 7) is 0.471. The van der Waals surface area contributed by atoms with Crippen LogP contribution in [0.15, 0.2) is 59.1 Å². The molecular weight excluding hydrogens is 264 g/mol. The normalized spacial score (nSPS) is 12.3. The average Bonchev–Trinajstić information content (AvgIpc) is 3.05. The second kappa shape index (κ2) is 5.87. The van der Waals surface area contributed by atoms with Gasteiger partial charge in [-0.2, -0.15) is 4.98 Å². The van der Waals surface area contributed by atoms with Gasteiger partial charge < -0.3 is 16.0 Å². The maximum absolute atomic E-state index is 6.16. The van der Waals surface area contributed by atoms with E-state index in [1.54, 1.807) is 0 Å². The van der Waals surface area contributed by atoms with Gasteiger partial charge in [0.15, 0.2) is 5.82 Å². The minimum absolute atomic E-state index is 0.401. The summed E-state index contributed by atoms with van der Waals surface area (Å²) in [7, 11) is 0. The molecule has 5 nitrogen and oxygen atoms in total. The highest BCUT2D eigenvalue weighted by Crippen LogP contribution is 2.22. The summed E-state index contributed by atoms with van der Waals surface area (Å²) in [4.78, 5) is 4.39. The molecule has 21 heavy (non-hydrogen) atoms. The van der Waals surface area contributed by atoms with Crippen molar-refractivity contribution in [3.05, 3.63) is 71.5 Å². The van der Waals surface area contributed by atoms with Crippen molar-refractivity contribution in [2.45, 2.75) is 12.6 Å². The Balaban J connectivity index is 1.89. The molecule has 106 valence electrons. The maximum Gasteiger partial charge on any atom is 0.258 e. The zero-order valence-corrected chi connectivity index (χ0v) is 11.4. The molecule has 0 aliphatic rings. The number of nitrogens with two attached hydrogens (primary N) is 2. The Hall–Kier alpha value is -2.50. The summed E-state index contributed by atoms with van der Waals surface area (Å²) in [5.41, 5.74) is 14.6. The third kappa shape index (κ3) is 2.84. The number of aromatic nitrogens is 2. The van der Waals surface area contributed by atoms with E-state index in [4.69, 9.17) is 16.0 Å². The summed E-state index contributed by atoms with van der Waals surface area (Å²) in [5, 5.41) is 3.98. The third-order valence-electron chi connectivity index (χ3n) is 3.29. The van der Waals surface area contributed by atoms with E-state index in [1.165, 1.54) is 0 Å². The van der Waals surface area contributed by atoms with Crippen molar-refractivity contribution in [1.29, 1.82) is 0 Å². The Kier molecular flexibility index (Phi) is 3.77. The summed E-state index contributed by atoms with van der Waals surface area (Å²) in [5.74, 6) is 0.918. The summed E-state index contributed by atoms with van der Waals surface area (Å²) in [6, 6.07) is 17.0. The molecule has 5 heteroatoms. The van der Waals surface area contributed by atoms with Crippen LogP contribution < -0.4 is 11.5 Å². The standard InChI is InChI=1S/C16H16N4O/c17-10-11-5-4-8-13(9-11)16-19-15(20-21-16)14(18)12-6-2-1-3-7-12/h1-9,14H,10,17-18H2. The van der Waals surface area contributed by atoms with Crippen LogP contribution in [0, 0.1) is 0 Å². The molecule has 3 aromatic rings. The van der Waals surface area contributed by atoms with Crippen molar-refractivity contribution in [3.8, 4) is 11.5 Å². The van der Waals surface area contributed by atoms with Gasteiger partial charge in [-0.3, -0.25) is 0 Å². The molecule has 0 bridgehead atoms. The first kappa shape index (κ1) is 13.5. The highest BCUT2D eigenvalue weighted by molar-refractivity contribution is 5.54. The Labute approximate surface area is 122 Å². The zero-order valence-electron chi connectivity index (χ0n) is 11.4. The lowest BCUT2D eigenvalue weighted by Gasteiger charge is -2.05. The molecular formula is C16H16N4O. The van der Waals surface area contributed by atoms with E-state index in [1.807, 2.05) is 54.6 Å². The number of hydrogen-bond acceptors (Lipinski definition) is 5. The van der Waals surface area contributed by atoms with Crippen LogP contribution in [0.4, 0.5) is 0 Å². The molecule has 0 aliphatic heterocycles. The van der Waals surface area contributed by atoms with Crippen molar-refractivity contribution in [2.75, 3.05) is 0 Å². The van der Waals surface area contributed by atoms with Crippen molar-refractivity contribution < 1.29 is 4.52 Å². The Morgan fingerprint density at radius 3 is 2.62 bits per heavy atom. The van der Waals surface area contributed by atoms with Crippen molar-refractivity contribution in [3.63, 3.8) is 0 Å². The quantitative estimate of drug-likeness (QED) is 0.764. The van der Waals surface area contributed by atoms with Crippen LogP contribution in [0.3, 0.4) is 0 Å². The van der Waals surface area contributed by atoms with Crippen LogP contribution >= 0.6 is 0 Å². The van der Waals surface area contributed by atoms with Gasteiger partial charge in [-0.05, 0) is 23.3 Å². The predicted octanol–water partition coefficient (Wildman–Crippen LogP) is 2.24. The molecule has 0 spiro atoms. The molecule has 0 fully saturated rings. The van der Waals surface area contributed by atoms with Crippen LogP contribution in [0.25, 0.3) is 11.5 Å². The minimum Gasteiger partial charge on any atom is -0.334 e. The molecule has 0 saturated carbocycles. The molecule has 0 amide bonds. The van der Waals surface area contributed by atoms with Gasteiger partial charge in [0.05, 0.1) is 6.04 Å². The van der Waals surface area contributed by atoms with Gasteiger partial charge in [0.2, 0.25) is 0 Å². The Morgan fingerprint density at radius 2 is 1.86 bits per heavy atom. The zero-order chi connectivity index (χ0) is 14.7. The van der Waals surface area contributed by atoms with Gasteiger partial charge in [-0.25, -0.2) is 0 Å². The summed E-state index contributed by atoms with van der Waals surface area (Å²) >= 11 is 0. The van der Waals surface area contributed by atoms with Gasteiger partial charge in [0.25, 0.3) is 5.89 Å². The van der Waals surface area contributed by atoms with Crippen molar-refractivity contribution in [1.82, 2.24) is 10.1 Å². The molecule has 0 aliphatic carbocycles. The van der Waals surface area contributed by atoms with Crippen LogP contribution in [0.5, 0.6) is 0 Å². The molecule has 1 atom stereocenters. The fourth-order valence-electron chi connectivity index (χ4n) is 2.12. The number of nitrogens with zero attached hydrogens (tertiary/aromatic N) is 2. The third-order valence-corrected chi connectivity index (χ3v) is 3.29. The van der Waals surface area contributed by atoms with Gasteiger partial charge in [0.1, 0.15) is 0 Å². The first-order chi connectivity index (χ1) is 10.3. The highest BCUT2D eigenvalue weighted by Gasteiger charge is 2.16. The summed E-state index contributed by atoms with van der Waals surface area (Å²) < 4.78 is 5.31. The molecule has 1 unspecified atom stereocenters. The molecule has 0 radical (unpaired) electrons. The van der Waals surface area contributed by atoms with E-state index >= 15 is 0 Å². The monoisotopic (exact) mass is 280 g/mol. The molecule has 0 saturated heterocycles. The Bertz CT molecular complexity index is 724. The summed E-state index contributed by atoms with van der Waals surface area (Å²) in [6.07, 6.45) is 0. The molecule has 1 heterocycles. The molecule has 3 rings (SSSR count). The smallest absolute Gasteiger partial charge is 0.258 e. The first-order valence-corrected chi connectivity index (χ1v) is 6.71. The topological polar surface area (TPSA) is 91.0 Å². The largest absolute Gasteiger partial charge is 0.334 e.